The standard InChI is InChI=1S/C25H30N2O2S2/c1-19(2)26-25(22-8-6-5-7-9-22)18-30(23-14-10-20(3)11-15-23)27-31(28,29)24-16-12-21(4)13-17-24/h5-17,19,25-26H,18H2,1-4H3/t25-,30-/m1/s1. The van der Waals surface area contributed by atoms with Crippen LogP contribution >= 0.6 is 0 Å². The molecule has 0 aliphatic heterocycles. The third-order valence-electron chi connectivity index (χ3n) is 4.86. The van der Waals surface area contributed by atoms with Gasteiger partial charge in [-0.1, -0.05) is 79.6 Å². The lowest BCUT2D eigenvalue weighted by Crippen LogP contribution is -2.32. The van der Waals surface area contributed by atoms with Crippen molar-refractivity contribution in [3.05, 3.63) is 95.6 Å². The van der Waals surface area contributed by atoms with Crippen molar-refractivity contribution in [2.75, 3.05) is 5.75 Å². The average molecular weight is 455 g/mol. The number of benzene rings is 3. The molecule has 0 saturated heterocycles. The number of nitrogens with zero attached hydrogens (tertiary/aromatic N) is 1. The van der Waals surface area contributed by atoms with Crippen molar-refractivity contribution in [2.45, 2.75) is 49.6 Å². The molecule has 0 bridgehead atoms. The maximum absolute atomic E-state index is 13.2. The SMILES string of the molecule is Cc1ccc(/[S@@](C[C@@H](NC(C)C)c2ccccc2)=N/S(=O)(=O)c2ccc(C)cc2)cc1. The van der Waals surface area contributed by atoms with Gasteiger partial charge in [-0.15, -0.1) is 3.77 Å². The first-order valence-electron chi connectivity index (χ1n) is 10.4. The summed E-state index contributed by atoms with van der Waals surface area (Å²) in [4.78, 5) is 1.16. The molecule has 0 radical (unpaired) electrons. The lowest BCUT2D eigenvalue weighted by Gasteiger charge is -2.23. The van der Waals surface area contributed by atoms with Gasteiger partial charge in [0.15, 0.2) is 0 Å². The molecule has 0 fully saturated rings. The maximum Gasteiger partial charge on any atom is 0.288 e. The Morgan fingerprint density at radius 3 is 1.94 bits per heavy atom. The van der Waals surface area contributed by atoms with Crippen molar-refractivity contribution in [1.29, 1.82) is 0 Å². The molecular formula is C25H30N2O2S2. The van der Waals surface area contributed by atoms with Gasteiger partial charge in [0.2, 0.25) is 0 Å². The molecule has 0 aliphatic rings. The van der Waals surface area contributed by atoms with Crippen LogP contribution < -0.4 is 5.32 Å². The van der Waals surface area contributed by atoms with Crippen LogP contribution in [-0.4, -0.2) is 20.2 Å². The molecule has 2 atom stereocenters. The van der Waals surface area contributed by atoms with Gasteiger partial charge in [0.1, 0.15) is 0 Å². The van der Waals surface area contributed by atoms with Crippen LogP contribution in [0, 0.1) is 13.8 Å². The minimum absolute atomic E-state index is 0.0113. The van der Waals surface area contributed by atoms with E-state index in [1.165, 1.54) is 0 Å². The van der Waals surface area contributed by atoms with Crippen LogP contribution in [0.5, 0.6) is 0 Å². The summed E-state index contributed by atoms with van der Waals surface area (Å²) >= 11 is 0. The Morgan fingerprint density at radius 1 is 0.839 bits per heavy atom. The normalized spacial score (nSPS) is 14.0. The van der Waals surface area contributed by atoms with Crippen molar-refractivity contribution in [3.63, 3.8) is 0 Å². The first kappa shape index (κ1) is 23.4. The van der Waals surface area contributed by atoms with E-state index in [1.54, 1.807) is 24.3 Å². The Balaban J connectivity index is 2.06. The molecule has 3 rings (SSSR count). The molecule has 0 aliphatic carbocycles. The highest BCUT2D eigenvalue weighted by molar-refractivity contribution is 8.00. The second-order valence-corrected chi connectivity index (χ2v) is 11.5. The Morgan fingerprint density at radius 2 is 1.39 bits per heavy atom. The molecule has 3 aromatic carbocycles. The summed E-state index contributed by atoms with van der Waals surface area (Å²) < 4.78 is 30.7. The summed E-state index contributed by atoms with van der Waals surface area (Å²) in [7, 11) is -4.63. The van der Waals surface area contributed by atoms with Crippen LogP contribution in [0.15, 0.2) is 92.4 Å². The van der Waals surface area contributed by atoms with Gasteiger partial charge in [0.25, 0.3) is 10.0 Å². The van der Waals surface area contributed by atoms with E-state index in [1.807, 2.05) is 56.3 Å². The topological polar surface area (TPSA) is 58.5 Å². The van der Waals surface area contributed by atoms with Crippen LogP contribution in [0.25, 0.3) is 0 Å². The summed E-state index contributed by atoms with van der Waals surface area (Å²) in [5, 5.41) is 3.59. The third-order valence-corrected chi connectivity index (χ3v) is 8.70. The molecule has 31 heavy (non-hydrogen) atoms. The fraction of sp³-hybridized carbons (Fsp3) is 0.280. The van der Waals surface area contributed by atoms with Crippen molar-refractivity contribution >= 4 is 20.7 Å². The molecule has 0 amide bonds. The lowest BCUT2D eigenvalue weighted by atomic mass is 10.1. The van der Waals surface area contributed by atoms with Gasteiger partial charge < -0.3 is 5.32 Å². The van der Waals surface area contributed by atoms with Gasteiger partial charge in [0.05, 0.1) is 4.90 Å². The highest BCUT2D eigenvalue weighted by atomic mass is 32.3. The van der Waals surface area contributed by atoms with Crippen molar-refractivity contribution in [3.8, 4) is 0 Å². The molecule has 4 nitrogen and oxygen atoms in total. The Kier molecular flexibility index (Phi) is 7.81. The van der Waals surface area contributed by atoms with Crippen LogP contribution in [0.4, 0.5) is 0 Å². The van der Waals surface area contributed by atoms with Crippen LogP contribution in [0.2, 0.25) is 0 Å². The lowest BCUT2D eigenvalue weighted by molar-refractivity contribution is 0.511. The highest BCUT2D eigenvalue weighted by Crippen LogP contribution is 2.23. The fourth-order valence-corrected chi connectivity index (χ4v) is 6.83. The Labute approximate surface area is 188 Å². The minimum atomic E-state index is -3.78. The summed E-state index contributed by atoms with van der Waals surface area (Å²) in [5.41, 5.74) is 3.28. The van der Waals surface area contributed by atoms with E-state index >= 15 is 0 Å². The molecule has 1 N–H and O–H groups in total. The van der Waals surface area contributed by atoms with Gasteiger partial charge in [-0.2, -0.15) is 8.42 Å². The van der Waals surface area contributed by atoms with E-state index in [0.29, 0.717) is 5.75 Å². The van der Waals surface area contributed by atoms with Gasteiger partial charge in [-0.3, -0.25) is 0 Å². The van der Waals surface area contributed by atoms with E-state index in [9.17, 15) is 8.42 Å². The van der Waals surface area contributed by atoms with Crippen molar-refractivity contribution in [1.82, 2.24) is 5.32 Å². The van der Waals surface area contributed by atoms with E-state index in [4.69, 9.17) is 0 Å². The van der Waals surface area contributed by atoms with Crippen molar-refractivity contribution in [2.24, 2.45) is 3.77 Å². The van der Waals surface area contributed by atoms with Gasteiger partial charge in [-0.25, -0.2) is 0 Å². The van der Waals surface area contributed by atoms with Crippen LogP contribution in [0.1, 0.15) is 36.6 Å². The molecule has 0 aromatic heterocycles. The van der Waals surface area contributed by atoms with E-state index in [-0.39, 0.29) is 17.0 Å². The summed E-state index contributed by atoms with van der Waals surface area (Å²) in [6, 6.07) is 25.3. The van der Waals surface area contributed by atoms with E-state index in [0.717, 1.165) is 21.6 Å². The van der Waals surface area contributed by atoms with Crippen LogP contribution in [-0.2, 0) is 20.7 Å². The zero-order valence-corrected chi connectivity index (χ0v) is 20.1. The predicted octanol–water partition coefficient (Wildman–Crippen LogP) is 5.59. The molecular weight excluding hydrogens is 424 g/mol. The zero-order chi connectivity index (χ0) is 22.4. The quantitative estimate of drug-likeness (QED) is 0.482. The number of hydrogen-bond acceptors (Lipinski definition) is 3. The molecule has 3 aromatic rings. The monoisotopic (exact) mass is 454 g/mol. The largest absolute Gasteiger partial charge is 0.307 e. The molecule has 0 unspecified atom stereocenters. The number of nitrogens with one attached hydrogen (secondary N) is 1. The summed E-state index contributed by atoms with van der Waals surface area (Å²) in [6.07, 6.45) is 0. The highest BCUT2D eigenvalue weighted by Gasteiger charge is 2.20. The summed E-state index contributed by atoms with van der Waals surface area (Å²) in [6.45, 7) is 8.15. The predicted molar refractivity (Wildman–Crippen MR) is 130 cm³/mol. The van der Waals surface area contributed by atoms with Crippen LogP contribution in [0.3, 0.4) is 0 Å². The molecule has 164 valence electrons. The van der Waals surface area contributed by atoms with Gasteiger partial charge in [-0.05, 0) is 54.4 Å². The number of rotatable bonds is 8. The Bertz CT molecular complexity index is 1120. The average Bonchev–Trinajstić information content (AvgIpc) is 2.74. The minimum Gasteiger partial charge on any atom is -0.307 e. The molecule has 0 saturated carbocycles. The second kappa shape index (κ2) is 10.4. The van der Waals surface area contributed by atoms with E-state index < -0.39 is 20.7 Å². The maximum atomic E-state index is 13.2. The van der Waals surface area contributed by atoms with Crippen molar-refractivity contribution < 1.29 is 8.42 Å². The number of hydrogen-bond donors (Lipinski definition) is 1. The fourth-order valence-electron chi connectivity index (χ4n) is 3.22. The molecule has 0 spiro atoms. The first-order chi connectivity index (χ1) is 14.7. The van der Waals surface area contributed by atoms with Gasteiger partial charge >= 0.3 is 0 Å². The first-order valence-corrected chi connectivity index (χ1v) is 13.2. The Hall–Kier alpha value is -2.28. The summed E-state index contributed by atoms with van der Waals surface area (Å²) in [5.74, 6) is 0.566. The molecule has 0 heterocycles. The zero-order valence-electron chi connectivity index (χ0n) is 18.4. The smallest absolute Gasteiger partial charge is 0.288 e. The van der Waals surface area contributed by atoms with E-state index in [2.05, 4.69) is 35.1 Å². The second-order valence-electron chi connectivity index (χ2n) is 7.99. The third kappa shape index (κ3) is 6.60. The van der Waals surface area contributed by atoms with Gasteiger partial charge in [0, 0.05) is 22.7 Å². The number of sulfonamides is 1. The number of aryl methyl sites for hydroxylation is 2. The molecule has 6 heteroatoms.